The first kappa shape index (κ1) is 17.7. The van der Waals surface area contributed by atoms with Crippen molar-refractivity contribution in [2.75, 3.05) is 14.2 Å². The third-order valence-corrected chi connectivity index (χ3v) is 4.30. The van der Waals surface area contributed by atoms with Gasteiger partial charge in [-0.3, -0.25) is 4.79 Å². The fraction of sp³-hybridized carbons (Fsp3) is 0.316. The zero-order valence-corrected chi connectivity index (χ0v) is 15.2. The van der Waals surface area contributed by atoms with E-state index in [9.17, 15) is 4.79 Å². The van der Waals surface area contributed by atoms with Gasteiger partial charge in [-0.05, 0) is 19.1 Å². The van der Waals surface area contributed by atoms with Crippen molar-refractivity contribution in [2.45, 2.75) is 25.9 Å². The normalized spacial score (nSPS) is 12.0. The molecule has 0 saturated carbocycles. The molecule has 0 spiro atoms. The van der Waals surface area contributed by atoms with Gasteiger partial charge < -0.3 is 14.2 Å². The second-order valence-corrected chi connectivity index (χ2v) is 6.31. The molecule has 7 heteroatoms. The zero-order valence-electron chi connectivity index (χ0n) is 15.2. The Balaban J connectivity index is 1.62. The topological polar surface area (TPSA) is 65.2 Å². The first-order valence-electron chi connectivity index (χ1n) is 8.46. The van der Waals surface area contributed by atoms with Gasteiger partial charge in [0.1, 0.15) is 5.75 Å². The molecule has 1 amide bonds. The molecular formula is C19H23N5O2. The number of carbonyl (C=O) groups excluding carboxylic acids is 1. The fourth-order valence-electron chi connectivity index (χ4n) is 2.74. The molecule has 0 saturated heterocycles. The molecule has 7 nitrogen and oxygen atoms in total. The van der Waals surface area contributed by atoms with E-state index in [1.807, 2.05) is 55.2 Å². The highest BCUT2D eigenvalue weighted by Crippen LogP contribution is 2.17. The maximum Gasteiger partial charge on any atom is 0.224 e. The van der Waals surface area contributed by atoms with Crippen LogP contribution in [0.5, 0.6) is 5.75 Å². The molecule has 0 aliphatic carbocycles. The lowest BCUT2D eigenvalue weighted by atomic mass is 10.2. The first-order chi connectivity index (χ1) is 12.6. The second-order valence-electron chi connectivity index (χ2n) is 6.31. The Morgan fingerprint density at radius 2 is 2.23 bits per heavy atom. The van der Waals surface area contributed by atoms with Crippen LogP contribution >= 0.6 is 0 Å². The molecule has 0 fully saturated rings. The van der Waals surface area contributed by atoms with Crippen LogP contribution in [-0.4, -0.2) is 44.3 Å². The van der Waals surface area contributed by atoms with Crippen molar-refractivity contribution < 1.29 is 9.53 Å². The number of imidazole rings is 1. The highest BCUT2D eigenvalue weighted by molar-refractivity contribution is 5.76. The monoisotopic (exact) mass is 353 g/mol. The average molecular weight is 353 g/mol. The molecule has 0 aliphatic heterocycles. The number of benzene rings is 1. The molecule has 0 N–H and O–H groups in total. The van der Waals surface area contributed by atoms with Gasteiger partial charge in [-0.25, -0.2) is 9.67 Å². The maximum atomic E-state index is 12.5. The van der Waals surface area contributed by atoms with E-state index in [4.69, 9.17) is 4.74 Å². The predicted octanol–water partition coefficient (Wildman–Crippen LogP) is 2.69. The van der Waals surface area contributed by atoms with Crippen LogP contribution in [0.3, 0.4) is 0 Å². The quantitative estimate of drug-likeness (QED) is 0.655. The van der Waals surface area contributed by atoms with Gasteiger partial charge in [0, 0.05) is 56.3 Å². The van der Waals surface area contributed by atoms with Crippen LogP contribution in [0, 0.1) is 0 Å². The van der Waals surface area contributed by atoms with Crippen molar-refractivity contribution in [3.8, 4) is 11.4 Å². The molecule has 136 valence electrons. The smallest absolute Gasteiger partial charge is 0.224 e. The van der Waals surface area contributed by atoms with E-state index in [1.54, 1.807) is 35.4 Å². The Labute approximate surface area is 152 Å². The number of methoxy groups -OCH3 is 1. The van der Waals surface area contributed by atoms with E-state index < -0.39 is 0 Å². The predicted molar refractivity (Wildman–Crippen MR) is 98.1 cm³/mol. The van der Waals surface area contributed by atoms with E-state index in [2.05, 4.69) is 10.1 Å². The van der Waals surface area contributed by atoms with Crippen molar-refractivity contribution in [2.24, 2.45) is 0 Å². The third kappa shape index (κ3) is 4.11. The molecule has 1 unspecified atom stereocenters. The summed E-state index contributed by atoms with van der Waals surface area (Å²) < 4.78 is 8.97. The van der Waals surface area contributed by atoms with Gasteiger partial charge in [0.15, 0.2) is 0 Å². The van der Waals surface area contributed by atoms with E-state index >= 15 is 0 Å². The van der Waals surface area contributed by atoms with Crippen molar-refractivity contribution in [1.29, 1.82) is 0 Å². The molecule has 1 aromatic carbocycles. The van der Waals surface area contributed by atoms with Gasteiger partial charge in [-0.15, -0.1) is 0 Å². The molecule has 0 bridgehead atoms. The fourth-order valence-corrected chi connectivity index (χ4v) is 2.74. The van der Waals surface area contributed by atoms with Gasteiger partial charge in [-0.1, -0.05) is 6.07 Å². The number of nitrogens with zero attached hydrogens (tertiary/aromatic N) is 5. The van der Waals surface area contributed by atoms with Gasteiger partial charge in [0.2, 0.25) is 5.91 Å². The van der Waals surface area contributed by atoms with Gasteiger partial charge in [0.25, 0.3) is 0 Å². The Morgan fingerprint density at radius 3 is 2.96 bits per heavy atom. The largest absolute Gasteiger partial charge is 0.497 e. The summed E-state index contributed by atoms with van der Waals surface area (Å²) in [7, 11) is 3.45. The zero-order chi connectivity index (χ0) is 18.5. The Kier molecular flexibility index (Phi) is 5.36. The van der Waals surface area contributed by atoms with Crippen LogP contribution in [0.15, 0.2) is 55.4 Å². The summed E-state index contributed by atoms with van der Waals surface area (Å²) in [5.74, 6) is 0.862. The molecular weight excluding hydrogens is 330 g/mol. The molecule has 2 heterocycles. The van der Waals surface area contributed by atoms with Crippen LogP contribution in [0.1, 0.15) is 24.9 Å². The van der Waals surface area contributed by atoms with Gasteiger partial charge >= 0.3 is 0 Å². The number of ether oxygens (including phenoxy) is 1. The Morgan fingerprint density at radius 1 is 1.38 bits per heavy atom. The van der Waals surface area contributed by atoms with E-state index in [0.717, 1.165) is 17.0 Å². The van der Waals surface area contributed by atoms with Crippen LogP contribution in [0.25, 0.3) is 5.69 Å². The number of hydrogen-bond donors (Lipinski definition) is 0. The number of hydrogen-bond acceptors (Lipinski definition) is 4. The maximum absolute atomic E-state index is 12.5. The van der Waals surface area contributed by atoms with Crippen molar-refractivity contribution in [3.05, 3.63) is 60.9 Å². The molecule has 3 rings (SSSR count). The summed E-state index contributed by atoms with van der Waals surface area (Å²) >= 11 is 0. The molecule has 1 atom stereocenters. The van der Waals surface area contributed by atoms with Crippen molar-refractivity contribution in [3.63, 3.8) is 0 Å². The van der Waals surface area contributed by atoms with Gasteiger partial charge in [-0.2, -0.15) is 5.10 Å². The van der Waals surface area contributed by atoms with Crippen LogP contribution < -0.4 is 4.74 Å². The molecule has 0 aliphatic rings. The van der Waals surface area contributed by atoms with E-state index in [0.29, 0.717) is 13.0 Å². The van der Waals surface area contributed by atoms with Crippen LogP contribution in [-0.2, 0) is 11.3 Å². The summed E-state index contributed by atoms with van der Waals surface area (Å²) in [4.78, 5) is 18.2. The standard InChI is InChI=1S/C19H23N5O2/c1-15(23-8-7-20-14-23)9-19(25)22(2)12-16-11-21-24(13-16)17-5-4-6-18(10-17)26-3/h4-8,10-11,13-15H,9,12H2,1-3H3. The Bertz CT molecular complexity index is 856. The SMILES string of the molecule is COc1cccc(-n2cc(CN(C)C(=O)CC(C)n3ccnc3)cn2)c1. The lowest BCUT2D eigenvalue weighted by Gasteiger charge is -2.19. The highest BCUT2D eigenvalue weighted by Gasteiger charge is 2.15. The lowest BCUT2D eigenvalue weighted by molar-refractivity contribution is -0.131. The minimum absolute atomic E-state index is 0.0759. The minimum Gasteiger partial charge on any atom is -0.497 e. The molecule has 2 aromatic heterocycles. The van der Waals surface area contributed by atoms with E-state index in [-0.39, 0.29) is 11.9 Å². The van der Waals surface area contributed by atoms with Crippen LogP contribution in [0.4, 0.5) is 0 Å². The summed E-state index contributed by atoms with van der Waals surface area (Å²) in [5, 5.41) is 4.39. The number of carbonyl (C=O) groups is 1. The van der Waals surface area contributed by atoms with E-state index in [1.165, 1.54) is 0 Å². The third-order valence-electron chi connectivity index (χ3n) is 4.30. The minimum atomic E-state index is 0.0759. The number of amides is 1. The van der Waals surface area contributed by atoms with Crippen molar-refractivity contribution >= 4 is 5.91 Å². The summed E-state index contributed by atoms with van der Waals surface area (Å²) in [6.45, 7) is 2.52. The Hall–Kier alpha value is -3.09. The first-order valence-corrected chi connectivity index (χ1v) is 8.46. The number of aromatic nitrogens is 4. The summed E-state index contributed by atoms with van der Waals surface area (Å²) in [6.07, 6.45) is 9.46. The van der Waals surface area contributed by atoms with Gasteiger partial charge in [0.05, 0.1) is 25.3 Å². The average Bonchev–Trinajstić information content (AvgIpc) is 3.33. The van der Waals surface area contributed by atoms with Crippen molar-refractivity contribution in [1.82, 2.24) is 24.2 Å². The summed E-state index contributed by atoms with van der Waals surface area (Å²) in [6, 6.07) is 7.76. The number of rotatable bonds is 7. The molecule has 0 radical (unpaired) electrons. The molecule has 3 aromatic rings. The van der Waals surface area contributed by atoms with Crippen LogP contribution in [0.2, 0.25) is 0 Å². The second kappa shape index (κ2) is 7.86. The molecule has 26 heavy (non-hydrogen) atoms. The highest BCUT2D eigenvalue weighted by atomic mass is 16.5. The lowest BCUT2D eigenvalue weighted by Crippen LogP contribution is -2.27. The summed E-state index contributed by atoms with van der Waals surface area (Å²) in [5.41, 5.74) is 1.89.